The molecule has 23 heavy (non-hydrogen) atoms. The molecule has 1 atom stereocenters. The fraction of sp³-hybridized carbons (Fsp3) is 0.375. The summed E-state index contributed by atoms with van der Waals surface area (Å²) in [4.78, 5) is 8.90. The van der Waals surface area contributed by atoms with Gasteiger partial charge in [-0.1, -0.05) is 11.6 Å². The van der Waals surface area contributed by atoms with E-state index in [0.29, 0.717) is 28.4 Å². The Morgan fingerprint density at radius 1 is 1.30 bits per heavy atom. The Morgan fingerprint density at radius 3 is 2.78 bits per heavy atom. The van der Waals surface area contributed by atoms with Crippen LogP contribution in [0.3, 0.4) is 0 Å². The Labute approximate surface area is 139 Å². The summed E-state index contributed by atoms with van der Waals surface area (Å²) in [5.74, 6) is 1.59. The van der Waals surface area contributed by atoms with Crippen LogP contribution in [0.25, 0.3) is 0 Å². The molecule has 6 nitrogen and oxygen atoms in total. The first-order valence-corrected chi connectivity index (χ1v) is 7.95. The Kier molecular flexibility index (Phi) is 4.54. The maximum Gasteiger partial charge on any atom is 0.225 e. The van der Waals surface area contributed by atoms with E-state index in [0.717, 1.165) is 18.5 Å². The molecule has 0 amide bonds. The number of nitrogens with one attached hydrogen (secondary N) is 2. The van der Waals surface area contributed by atoms with Gasteiger partial charge in [0.15, 0.2) is 0 Å². The van der Waals surface area contributed by atoms with E-state index in [2.05, 4.69) is 20.6 Å². The lowest BCUT2D eigenvalue weighted by molar-refractivity contribution is 0.281. The average molecular weight is 335 g/mol. The van der Waals surface area contributed by atoms with Crippen LogP contribution in [0.4, 0.5) is 17.5 Å². The van der Waals surface area contributed by atoms with Crippen LogP contribution >= 0.6 is 11.6 Å². The smallest absolute Gasteiger partial charge is 0.225 e. The summed E-state index contributed by atoms with van der Waals surface area (Å²) in [6, 6.07) is 6.53. The van der Waals surface area contributed by atoms with E-state index in [4.69, 9.17) is 11.6 Å². The van der Waals surface area contributed by atoms with Crippen molar-refractivity contribution >= 4 is 29.1 Å². The van der Waals surface area contributed by atoms with Gasteiger partial charge < -0.3 is 20.8 Å². The minimum absolute atomic E-state index is 0.00510. The number of aliphatic hydroxyl groups is 1. The SMILES string of the molecule is C[C@@H](CO)Nc1nc(Nc2cc(Cl)ccc2O)cc(C2CC2)n1. The topological polar surface area (TPSA) is 90.3 Å². The number of hydrogen-bond donors (Lipinski definition) is 4. The van der Waals surface area contributed by atoms with Crippen molar-refractivity contribution in [3.05, 3.63) is 35.0 Å². The molecule has 0 aliphatic heterocycles. The zero-order valence-corrected chi connectivity index (χ0v) is 13.5. The van der Waals surface area contributed by atoms with Gasteiger partial charge in [0.05, 0.1) is 18.0 Å². The molecule has 0 spiro atoms. The lowest BCUT2D eigenvalue weighted by Gasteiger charge is -2.14. The van der Waals surface area contributed by atoms with Crippen LogP contribution in [0.5, 0.6) is 5.75 Å². The van der Waals surface area contributed by atoms with Crippen LogP contribution in [0.15, 0.2) is 24.3 Å². The maximum absolute atomic E-state index is 9.93. The maximum atomic E-state index is 9.93. The molecule has 2 aromatic rings. The van der Waals surface area contributed by atoms with Gasteiger partial charge in [-0.25, -0.2) is 4.98 Å². The molecule has 1 aromatic carbocycles. The van der Waals surface area contributed by atoms with Crippen LogP contribution < -0.4 is 10.6 Å². The van der Waals surface area contributed by atoms with E-state index in [1.54, 1.807) is 12.1 Å². The van der Waals surface area contributed by atoms with E-state index in [1.807, 2.05) is 13.0 Å². The summed E-state index contributed by atoms with van der Waals surface area (Å²) in [5.41, 5.74) is 1.44. The second-order valence-corrected chi connectivity index (χ2v) is 6.23. The third kappa shape index (κ3) is 4.03. The molecule has 1 saturated carbocycles. The normalized spacial score (nSPS) is 15.3. The number of benzene rings is 1. The highest BCUT2D eigenvalue weighted by Gasteiger charge is 2.26. The number of aromatic hydroxyl groups is 1. The molecule has 7 heteroatoms. The van der Waals surface area contributed by atoms with Crippen molar-refractivity contribution in [2.75, 3.05) is 17.2 Å². The van der Waals surface area contributed by atoms with E-state index in [-0.39, 0.29) is 18.4 Å². The van der Waals surface area contributed by atoms with Crippen molar-refractivity contribution in [2.24, 2.45) is 0 Å². The fourth-order valence-corrected chi connectivity index (χ4v) is 2.37. The van der Waals surface area contributed by atoms with Crippen LogP contribution in [0.1, 0.15) is 31.4 Å². The Balaban J connectivity index is 1.89. The standard InChI is InChI=1S/C16H19ClN4O2/c1-9(8-22)18-16-20-12(10-2-3-10)7-15(21-16)19-13-6-11(17)4-5-14(13)23/h4-7,9-10,22-23H,2-3,8H2,1H3,(H2,18,19,20,21)/t9-/m0/s1. The summed E-state index contributed by atoms with van der Waals surface area (Å²) in [5, 5.41) is 25.8. The van der Waals surface area contributed by atoms with Crippen molar-refractivity contribution in [2.45, 2.75) is 31.7 Å². The summed E-state index contributed by atoms with van der Waals surface area (Å²) >= 11 is 5.97. The Hall–Kier alpha value is -2.05. The summed E-state index contributed by atoms with van der Waals surface area (Å²) in [6.07, 6.45) is 2.24. The number of nitrogens with zero attached hydrogens (tertiary/aromatic N) is 2. The van der Waals surface area contributed by atoms with Crippen molar-refractivity contribution < 1.29 is 10.2 Å². The lowest BCUT2D eigenvalue weighted by atomic mass is 10.2. The van der Waals surface area contributed by atoms with Gasteiger partial charge in [-0.05, 0) is 38.0 Å². The van der Waals surface area contributed by atoms with E-state index in [9.17, 15) is 10.2 Å². The third-order valence-electron chi connectivity index (χ3n) is 3.61. The molecule has 0 saturated heterocycles. The average Bonchev–Trinajstić information content (AvgIpc) is 3.35. The van der Waals surface area contributed by atoms with Crippen molar-refractivity contribution in [1.29, 1.82) is 0 Å². The minimum atomic E-state index is -0.142. The van der Waals surface area contributed by atoms with Gasteiger partial charge in [-0.15, -0.1) is 0 Å². The van der Waals surface area contributed by atoms with E-state index in [1.165, 1.54) is 6.07 Å². The molecule has 0 bridgehead atoms. The van der Waals surface area contributed by atoms with Crippen molar-refractivity contribution in [3.63, 3.8) is 0 Å². The van der Waals surface area contributed by atoms with Crippen LogP contribution in [-0.2, 0) is 0 Å². The Morgan fingerprint density at radius 2 is 2.09 bits per heavy atom. The van der Waals surface area contributed by atoms with Gasteiger partial charge >= 0.3 is 0 Å². The quantitative estimate of drug-likeness (QED) is 0.606. The highest BCUT2D eigenvalue weighted by molar-refractivity contribution is 6.30. The van der Waals surface area contributed by atoms with Gasteiger partial charge in [-0.2, -0.15) is 4.98 Å². The molecule has 1 aliphatic carbocycles. The van der Waals surface area contributed by atoms with Crippen LogP contribution in [0, 0.1) is 0 Å². The highest BCUT2D eigenvalue weighted by atomic mass is 35.5. The van der Waals surface area contributed by atoms with Crippen molar-refractivity contribution in [3.8, 4) is 5.75 Å². The van der Waals surface area contributed by atoms with E-state index >= 15 is 0 Å². The Bertz CT molecular complexity index is 706. The lowest BCUT2D eigenvalue weighted by Crippen LogP contribution is -2.21. The zero-order chi connectivity index (χ0) is 16.4. The molecular weight excluding hydrogens is 316 g/mol. The van der Waals surface area contributed by atoms with Crippen LogP contribution in [0.2, 0.25) is 5.02 Å². The number of anilines is 3. The molecule has 1 heterocycles. The molecule has 4 N–H and O–H groups in total. The van der Waals surface area contributed by atoms with Gasteiger partial charge in [0.2, 0.25) is 5.95 Å². The summed E-state index contributed by atoms with van der Waals surface area (Å²) < 4.78 is 0. The monoisotopic (exact) mass is 334 g/mol. The van der Waals surface area contributed by atoms with Crippen LogP contribution in [-0.4, -0.2) is 32.8 Å². The molecule has 1 aromatic heterocycles. The molecule has 0 radical (unpaired) electrons. The van der Waals surface area contributed by atoms with Gasteiger partial charge in [0.25, 0.3) is 0 Å². The number of aromatic nitrogens is 2. The fourth-order valence-electron chi connectivity index (χ4n) is 2.20. The zero-order valence-electron chi connectivity index (χ0n) is 12.8. The number of rotatable bonds is 6. The first-order chi connectivity index (χ1) is 11.0. The predicted octanol–water partition coefficient (Wildman–Crippen LogP) is 3.25. The third-order valence-corrected chi connectivity index (χ3v) is 3.85. The molecule has 1 aliphatic rings. The second kappa shape index (κ2) is 6.60. The van der Waals surface area contributed by atoms with Gasteiger partial charge in [-0.3, -0.25) is 0 Å². The van der Waals surface area contributed by atoms with Gasteiger partial charge in [0, 0.05) is 23.0 Å². The molecule has 122 valence electrons. The minimum Gasteiger partial charge on any atom is -0.506 e. The molecule has 0 unspecified atom stereocenters. The largest absolute Gasteiger partial charge is 0.506 e. The number of hydrogen-bond acceptors (Lipinski definition) is 6. The summed E-state index contributed by atoms with van der Waals surface area (Å²) in [6.45, 7) is 1.85. The number of halogens is 1. The number of phenolic OH excluding ortho intramolecular Hbond substituents is 1. The second-order valence-electron chi connectivity index (χ2n) is 5.79. The highest BCUT2D eigenvalue weighted by Crippen LogP contribution is 2.40. The summed E-state index contributed by atoms with van der Waals surface area (Å²) in [7, 11) is 0. The predicted molar refractivity (Wildman–Crippen MR) is 90.6 cm³/mol. The van der Waals surface area contributed by atoms with Gasteiger partial charge in [0.1, 0.15) is 11.6 Å². The first-order valence-electron chi connectivity index (χ1n) is 7.57. The molecule has 1 fully saturated rings. The van der Waals surface area contributed by atoms with Crippen molar-refractivity contribution in [1.82, 2.24) is 9.97 Å². The number of phenols is 1. The molecular formula is C16H19ClN4O2. The number of aliphatic hydroxyl groups excluding tert-OH is 1. The first kappa shape index (κ1) is 15.8. The molecule has 3 rings (SSSR count). The van der Waals surface area contributed by atoms with E-state index < -0.39 is 0 Å².